The zero-order valence-electron chi connectivity index (χ0n) is 15.3. The summed E-state index contributed by atoms with van der Waals surface area (Å²) < 4.78 is 13.9. The SMILES string of the molecule is COc1ccc2sc(=NC(=O)COc3ccc(Cl)cc3Cl)n(CCSC)c2c1. The Morgan fingerprint density at radius 3 is 2.79 bits per heavy atom. The van der Waals surface area contributed by atoms with Gasteiger partial charge in [0.15, 0.2) is 11.4 Å². The molecule has 1 aromatic heterocycles. The molecule has 0 N–H and O–H groups in total. The first-order valence-corrected chi connectivity index (χ1v) is 11.3. The van der Waals surface area contributed by atoms with Gasteiger partial charge < -0.3 is 14.0 Å². The van der Waals surface area contributed by atoms with Gasteiger partial charge in [-0.1, -0.05) is 34.5 Å². The first-order valence-electron chi connectivity index (χ1n) is 8.33. The highest BCUT2D eigenvalue weighted by atomic mass is 35.5. The van der Waals surface area contributed by atoms with E-state index in [1.54, 1.807) is 37.1 Å². The molecular formula is C19H18Cl2N2O3S2. The molecule has 0 spiro atoms. The minimum absolute atomic E-state index is 0.207. The van der Waals surface area contributed by atoms with Crippen LogP contribution in [0.5, 0.6) is 11.5 Å². The minimum atomic E-state index is -0.387. The summed E-state index contributed by atoms with van der Waals surface area (Å²) in [6, 6.07) is 10.7. The lowest BCUT2D eigenvalue weighted by Gasteiger charge is -2.06. The number of hydrogen-bond donors (Lipinski definition) is 0. The van der Waals surface area contributed by atoms with Crippen LogP contribution in [0.2, 0.25) is 10.0 Å². The molecule has 0 radical (unpaired) electrons. The number of benzene rings is 2. The summed E-state index contributed by atoms with van der Waals surface area (Å²) in [5.41, 5.74) is 0.992. The Morgan fingerprint density at radius 2 is 2.07 bits per heavy atom. The van der Waals surface area contributed by atoms with E-state index in [-0.39, 0.29) is 12.5 Å². The Kier molecular flexibility index (Phi) is 7.29. The van der Waals surface area contributed by atoms with Gasteiger partial charge in [-0.05, 0) is 36.6 Å². The van der Waals surface area contributed by atoms with Crippen LogP contribution in [0.1, 0.15) is 0 Å². The van der Waals surface area contributed by atoms with Gasteiger partial charge in [-0.2, -0.15) is 16.8 Å². The van der Waals surface area contributed by atoms with Gasteiger partial charge in [0.25, 0.3) is 5.91 Å². The van der Waals surface area contributed by atoms with Crippen LogP contribution in [-0.4, -0.2) is 36.2 Å². The van der Waals surface area contributed by atoms with Crippen molar-refractivity contribution in [3.63, 3.8) is 0 Å². The minimum Gasteiger partial charge on any atom is -0.497 e. The predicted octanol–water partition coefficient (Wildman–Crippen LogP) is 4.89. The molecule has 1 heterocycles. The fourth-order valence-corrected chi connectivity index (χ4v) is 4.41. The summed E-state index contributed by atoms with van der Waals surface area (Å²) in [6.07, 6.45) is 2.04. The molecule has 0 aliphatic heterocycles. The summed E-state index contributed by atoms with van der Waals surface area (Å²) in [4.78, 5) is 17.3. The summed E-state index contributed by atoms with van der Waals surface area (Å²) >= 11 is 15.1. The van der Waals surface area contributed by atoms with E-state index in [4.69, 9.17) is 32.7 Å². The molecule has 0 saturated heterocycles. The van der Waals surface area contributed by atoms with Gasteiger partial charge in [0, 0.05) is 23.4 Å². The lowest BCUT2D eigenvalue weighted by Crippen LogP contribution is -2.20. The van der Waals surface area contributed by atoms with Gasteiger partial charge in [0.2, 0.25) is 0 Å². The van der Waals surface area contributed by atoms with E-state index >= 15 is 0 Å². The average molecular weight is 457 g/mol. The molecule has 0 bridgehead atoms. The number of nitrogens with zero attached hydrogens (tertiary/aromatic N) is 2. The second-order valence-corrected chi connectivity index (χ2v) is 8.57. The molecule has 5 nitrogen and oxygen atoms in total. The number of thiazole rings is 1. The van der Waals surface area contributed by atoms with Gasteiger partial charge >= 0.3 is 0 Å². The molecule has 148 valence electrons. The van der Waals surface area contributed by atoms with E-state index in [1.807, 2.05) is 29.0 Å². The van der Waals surface area contributed by atoms with Crippen molar-refractivity contribution in [3.05, 3.63) is 51.2 Å². The number of carbonyl (C=O) groups excluding carboxylic acids is 1. The normalized spacial score (nSPS) is 11.8. The Bertz CT molecular complexity index is 1060. The average Bonchev–Trinajstić information content (AvgIpc) is 3.01. The maximum atomic E-state index is 12.4. The zero-order valence-corrected chi connectivity index (χ0v) is 18.4. The number of methoxy groups -OCH3 is 1. The Balaban J connectivity index is 1.87. The summed E-state index contributed by atoms with van der Waals surface area (Å²) in [6.45, 7) is 0.533. The molecule has 0 atom stereocenters. The predicted molar refractivity (Wildman–Crippen MR) is 117 cm³/mol. The Morgan fingerprint density at radius 1 is 1.25 bits per heavy atom. The second kappa shape index (κ2) is 9.69. The molecule has 3 aromatic rings. The van der Waals surface area contributed by atoms with Gasteiger partial charge in [-0.25, -0.2) is 0 Å². The maximum absolute atomic E-state index is 12.4. The number of rotatable bonds is 7. The topological polar surface area (TPSA) is 52.8 Å². The number of ether oxygens (including phenoxy) is 2. The lowest BCUT2D eigenvalue weighted by atomic mass is 10.3. The zero-order chi connectivity index (χ0) is 20.1. The molecular weight excluding hydrogens is 439 g/mol. The van der Waals surface area contributed by atoms with E-state index in [0.717, 1.165) is 28.3 Å². The monoisotopic (exact) mass is 456 g/mol. The summed E-state index contributed by atoms with van der Waals surface area (Å²) in [7, 11) is 1.63. The van der Waals surface area contributed by atoms with Crippen molar-refractivity contribution in [2.24, 2.45) is 4.99 Å². The van der Waals surface area contributed by atoms with E-state index < -0.39 is 0 Å². The van der Waals surface area contributed by atoms with Gasteiger partial charge in [0.1, 0.15) is 11.5 Å². The number of halogens is 2. The molecule has 2 aromatic carbocycles. The van der Waals surface area contributed by atoms with Crippen LogP contribution in [0.15, 0.2) is 41.4 Å². The lowest BCUT2D eigenvalue weighted by molar-refractivity contribution is -0.120. The van der Waals surface area contributed by atoms with Crippen molar-refractivity contribution < 1.29 is 14.3 Å². The second-order valence-electron chi connectivity index (χ2n) is 5.73. The Hall–Kier alpha value is -1.67. The fraction of sp³-hybridized carbons (Fsp3) is 0.263. The molecule has 0 saturated carbocycles. The first-order chi connectivity index (χ1) is 13.5. The number of hydrogen-bond acceptors (Lipinski definition) is 5. The van der Waals surface area contributed by atoms with Crippen molar-refractivity contribution in [3.8, 4) is 11.5 Å². The quantitative estimate of drug-likeness (QED) is 0.507. The van der Waals surface area contributed by atoms with E-state index in [0.29, 0.717) is 20.6 Å². The van der Waals surface area contributed by atoms with Crippen LogP contribution in [0, 0.1) is 0 Å². The van der Waals surface area contributed by atoms with E-state index in [1.165, 1.54) is 11.3 Å². The van der Waals surface area contributed by atoms with Crippen LogP contribution in [0.3, 0.4) is 0 Å². The van der Waals surface area contributed by atoms with Crippen molar-refractivity contribution in [2.45, 2.75) is 6.54 Å². The van der Waals surface area contributed by atoms with Crippen molar-refractivity contribution in [2.75, 3.05) is 25.7 Å². The van der Waals surface area contributed by atoms with Crippen LogP contribution in [-0.2, 0) is 11.3 Å². The number of amides is 1. The molecule has 1 amide bonds. The number of fused-ring (bicyclic) bond motifs is 1. The molecule has 0 aliphatic rings. The standard InChI is InChI=1S/C19H18Cl2N2O3S2/c1-25-13-4-6-17-15(10-13)23(7-8-27-2)19(28-17)22-18(24)11-26-16-5-3-12(20)9-14(16)21/h3-6,9-10H,7-8,11H2,1-2H3. The van der Waals surface area contributed by atoms with Crippen LogP contribution in [0.25, 0.3) is 10.2 Å². The number of aromatic nitrogens is 1. The van der Waals surface area contributed by atoms with Gasteiger partial charge in [-0.15, -0.1) is 0 Å². The van der Waals surface area contributed by atoms with Gasteiger partial charge in [-0.3, -0.25) is 4.79 Å². The summed E-state index contributed by atoms with van der Waals surface area (Å²) in [5, 5.41) is 0.855. The maximum Gasteiger partial charge on any atom is 0.286 e. The largest absolute Gasteiger partial charge is 0.497 e. The third-order valence-corrected chi connectivity index (χ3v) is 6.05. The van der Waals surface area contributed by atoms with Gasteiger partial charge in [0.05, 0.1) is 22.3 Å². The molecule has 0 unspecified atom stereocenters. The van der Waals surface area contributed by atoms with Crippen LogP contribution >= 0.6 is 46.3 Å². The highest BCUT2D eigenvalue weighted by Gasteiger charge is 2.10. The molecule has 0 aliphatic carbocycles. The smallest absolute Gasteiger partial charge is 0.286 e. The van der Waals surface area contributed by atoms with E-state index in [2.05, 4.69) is 4.99 Å². The molecule has 28 heavy (non-hydrogen) atoms. The van der Waals surface area contributed by atoms with Crippen molar-refractivity contribution in [1.29, 1.82) is 0 Å². The Labute approximate surface area is 180 Å². The van der Waals surface area contributed by atoms with Crippen molar-refractivity contribution in [1.82, 2.24) is 4.57 Å². The molecule has 0 fully saturated rings. The molecule has 3 rings (SSSR count). The highest BCUT2D eigenvalue weighted by molar-refractivity contribution is 7.98. The third-order valence-electron chi connectivity index (χ3n) is 3.87. The van der Waals surface area contributed by atoms with E-state index in [9.17, 15) is 4.79 Å². The molecule has 9 heteroatoms. The third kappa shape index (κ3) is 5.03. The van der Waals surface area contributed by atoms with Crippen LogP contribution < -0.4 is 14.3 Å². The van der Waals surface area contributed by atoms with Crippen LogP contribution in [0.4, 0.5) is 0 Å². The first kappa shape index (κ1) is 21.0. The summed E-state index contributed by atoms with van der Waals surface area (Å²) in [5.74, 6) is 1.68. The number of aryl methyl sites for hydroxylation is 1. The highest BCUT2D eigenvalue weighted by Crippen LogP contribution is 2.27. The fourth-order valence-electron chi connectivity index (χ4n) is 2.53. The number of thioether (sulfide) groups is 1. The number of carbonyl (C=O) groups is 1. The van der Waals surface area contributed by atoms with Crippen molar-refractivity contribution >= 4 is 62.4 Å².